The van der Waals surface area contributed by atoms with Crippen molar-refractivity contribution in [2.45, 2.75) is 38.1 Å². The van der Waals surface area contributed by atoms with Crippen molar-refractivity contribution in [2.24, 2.45) is 23.7 Å². The Kier molecular flexibility index (Phi) is 2.99. The molecule has 0 aromatic carbocycles. The zero-order valence-corrected chi connectivity index (χ0v) is 12.1. The quantitative estimate of drug-likeness (QED) is 0.849. The monoisotopic (exact) mass is 290 g/mol. The van der Waals surface area contributed by atoms with Gasteiger partial charge in [0.25, 0.3) is 5.91 Å². The molecule has 1 heterocycles. The molecule has 4 rings (SSSR count). The van der Waals surface area contributed by atoms with Crippen LogP contribution < -0.4 is 5.32 Å². The molecular weight excluding hydrogens is 272 g/mol. The lowest BCUT2D eigenvalue weighted by molar-refractivity contribution is 0.0896. The summed E-state index contributed by atoms with van der Waals surface area (Å²) in [5.41, 5.74) is 0.434. The summed E-state index contributed by atoms with van der Waals surface area (Å²) in [4.78, 5) is 16.4. The van der Waals surface area contributed by atoms with Gasteiger partial charge < -0.3 is 5.32 Å². The number of aromatic nitrogens is 1. The van der Waals surface area contributed by atoms with E-state index in [4.69, 9.17) is 11.6 Å². The largest absolute Gasteiger partial charge is 0.348 e. The Hall–Kier alpha value is -1.09. The van der Waals surface area contributed by atoms with E-state index in [0.29, 0.717) is 22.8 Å². The lowest BCUT2D eigenvalue weighted by Crippen LogP contribution is -2.42. The lowest BCUT2D eigenvalue weighted by atomic mass is 9.79. The highest BCUT2D eigenvalue weighted by molar-refractivity contribution is 6.29. The van der Waals surface area contributed by atoms with Gasteiger partial charge in [0, 0.05) is 6.04 Å². The smallest absolute Gasteiger partial charge is 0.270 e. The Morgan fingerprint density at radius 1 is 1.20 bits per heavy atom. The molecule has 3 nitrogen and oxygen atoms in total. The fraction of sp³-hybridized carbons (Fsp3) is 0.625. The third-order valence-corrected chi connectivity index (χ3v) is 5.90. The Morgan fingerprint density at radius 2 is 2.05 bits per heavy atom. The van der Waals surface area contributed by atoms with E-state index in [2.05, 4.69) is 10.3 Å². The van der Waals surface area contributed by atoms with Crippen molar-refractivity contribution in [1.82, 2.24) is 10.3 Å². The van der Waals surface area contributed by atoms with E-state index in [0.717, 1.165) is 24.2 Å². The third kappa shape index (κ3) is 1.95. The Bertz CT molecular complexity index is 547. The number of nitrogens with one attached hydrogen (secondary N) is 1. The second-order valence-corrected chi connectivity index (χ2v) is 6.97. The van der Waals surface area contributed by atoms with Crippen molar-refractivity contribution in [3.05, 3.63) is 29.0 Å². The van der Waals surface area contributed by atoms with Crippen LogP contribution in [0.4, 0.5) is 0 Å². The average Bonchev–Trinajstić information content (AvgIpc) is 3.10. The fourth-order valence-corrected chi connectivity index (χ4v) is 5.17. The van der Waals surface area contributed by atoms with E-state index in [1.807, 2.05) is 0 Å². The van der Waals surface area contributed by atoms with Crippen molar-refractivity contribution >= 4 is 17.5 Å². The summed E-state index contributed by atoms with van der Waals surface area (Å²) in [5.74, 6) is 3.31. The molecule has 2 bridgehead atoms. The highest BCUT2D eigenvalue weighted by Gasteiger charge is 2.54. The summed E-state index contributed by atoms with van der Waals surface area (Å²) in [5, 5.41) is 3.58. The van der Waals surface area contributed by atoms with Crippen LogP contribution in [0.2, 0.25) is 5.15 Å². The second-order valence-electron chi connectivity index (χ2n) is 6.58. The molecule has 1 aromatic rings. The van der Waals surface area contributed by atoms with E-state index in [1.54, 1.807) is 18.2 Å². The zero-order valence-electron chi connectivity index (χ0n) is 11.4. The van der Waals surface area contributed by atoms with Gasteiger partial charge in [0.05, 0.1) is 0 Å². The molecule has 3 fully saturated rings. The molecule has 106 valence electrons. The van der Waals surface area contributed by atoms with Gasteiger partial charge in [-0.15, -0.1) is 0 Å². The van der Waals surface area contributed by atoms with Crippen LogP contribution in [0.15, 0.2) is 18.2 Å². The van der Waals surface area contributed by atoms with E-state index in [9.17, 15) is 4.79 Å². The minimum Gasteiger partial charge on any atom is -0.348 e. The Labute approximate surface area is 124 Å². The van der Waals surface area contributed by atoms with Crippen LogP contribution in [-0.4, -0.2) is 16.9 Å². The first-order valence-electron chi connectivity index (χ1n) is 7.66. The highest BCUT2D eigenvalue weighted by Crippen LogP contribution is 2.58. The maximum atomic E-state index is 12.3. The molecule has 0 radical (unpaired) electrons. The first kappa shape index (κ1) is 12.6. The molecule has 0 saturated heterocycles. The second kappa shape index (κ2) is 4.73. The predicted octanol–water partition coefficient (Wildman–Crippen LogP) is 3.29. The summed E-state index contributed by atoms with van der Waals surface area (Å²) in [6, 6.07) is 5.55. The van der Waals surface area contributed by atoms with Crippen molar-refractivity contribution in [3.63, 3.8) is 0 Å². The molecule has 3 aliphatic carbocycles. The molecular formula is C16H19ClN2O. The molecule has 4 heteroatoms. The van der Waals surface area contributed by atoms with Gasteiger partial charge in [0.2, 0.25) is 0 Å². The van der Waals surface area contributed by atoms with Gasteiger partial charge in [-0.1, -0.05) is 24.1 Å². The lowest BCUT2D eigenvalue weighted by Gasteiger charge is -2.32. The number of fused-ring (bicyclic) bond motifs is 5. The van der Waals surface area contributed by atoms with Crippen LogP contribution in [0.1, 0.15) is 42.6 Å². The van der Waals surface area contributed by atoms with Crippen molar-refractivity contribution in [3.8, 4) is 0 Å². The number of pyridine rings is 1. The minimum absolute atomic E-state index is 0.0698. The molecule has 3 saturated carbocycles. The molecule has 0 spiro atoms. The van der Waals surface area contributed by atoms with Gasteiger partial charge in [-0.05, 0) is 61.5 Å². The van der Waals surface area contributed by atoms with Gasteiger partial charge >= 0.3 is 0 Å². The number of hydrogen-bond donors (Lipinski definition) is 1. The van der Waals surface area contributed by atoms with E-state index < -0.39 is 0 Å². The Morgan fingerprint density at radius 3 is 2.90 bits per heavy atom. The maximum Gasteiger partial charge on any atom is 0.270 e. The first-order chi connectivity index (χ1) is 9.72. The molecule has 1 aromatic heterocycles. The number of hydrogen-bond acceptors (Lipinski definition) is 2. The van der Waals surface area contributed by atoms with Gasteiger partial charge in [-0.25, -0.2) is 4.98 Å². The van der Waals surface area contributed by atoms with Crippen LogP contribution >= 0.6 is 11.6 Å². The average molecular weight is 291 g/mol. The zero-order chi connectivity index (χ0) is 13.7. The third-order valence-electron chi connectivity index (χ3n) is 5.69. The van der Waals surface area contributed by atoms with Crippen molar-refractivity contribution in [2.75, 3.05) is 0 Å². The summed E-state index contributed by atoms with van der Waals surface area (Å²) in [6.07, 6.45) is 6.66. The predicted molar refractivity (Wildman–Crippen MR) is 77.5 cm³/mol. The molecule has 1 amide bonds. The van der Waals surface area contributed by atoms with Crippen LogP contribution in [0.3, 0.4) is 0 Å². The number of halogens is 1. The summed E-state index contributed by atoms with van der Waals surface area (Å²) >= 11 is 5.85. The van der Waals surface area contributed by atoms with Gasteiger partial charge in [-0.3, -0.25) is 4.79 Å². The number of carbonyl (C=O) groups excluding carboxylic acids is 1. The number of amides is 1. The van der Waals surface area contributed by atoms with E-state index in [1.165, 1.54) is 25.7 Å². The number of nitrogens with zero attached hydrogens (tertiary/aromatic N) is 1. The van der Waals surface area contributed by atoms with Gasteiger partial charge in [-0.2, -0.15) is 0 Å². The van der Waals surface area contributed by atoms with Gasteiger partial charge in [0.15, 0.2) is 0 Å². The molecule has 20 heavy (non-hydrogen) atoms. The topological polar surface area (TPSA) is 42.0 Å². The number of rotatable bonds is 2. The van der Waals surface area contributed by atoms with Crippen LogP contribution in [0, 0.1) is 23.7 Å². The van der Waals surface area contributed by atoms with Crippen molar-refractivity contribution in [1.29, 1.82) is 0 Å². The molecule has 5 atom stereocenters. The summed E-state index contributed by atoms with van der Waals surface area (Å²) < 4.78 is 0. The van der Waals surface area contributed by atoms with Crippen LogP contribution in [0.25, 0.3) is 0 Å². The summed E-state index contributed by atoms with van der Waals surface area (Å²) in [7, 11) is 0. The highest BCUT2D eigenvalue weighted by atomic mass is 35.5. The minimum atomic E-state index is -0.0698. The van der Waals surface area contributed by atoms with Gasteiger partial charge in [0.1, 0.15) is 10.8 Å². The molecule has 1 N–H and O–H groups in total. The maximum absolute atomic E-state index is 12.3. The fourth-order valence-electron chi connectivity index (χ4n) is 5.01. The SMILES string of the molecule is O=C(NC1CC2CC1C1CCCC21)c1cccc(Cl)n1. The van der Waals surface area contributed by atoms with Crippen LogP contribution in [0.5, 0.6) is 0 Å². The van der Waals surface area contributed by atoms with E-state index >= 15 is 0 Å². The molecule has 5 unspecified atom stereocenters. The normalized spacial score (nSPS) is 38.0. The van der Waals surface area contributed by atoms with Crippen LogP contribution in [-0.2, 0) is 0 Å². The van der Waals surface area contributed by atoms with E-state index in [-0.39, 0.29) is 5.91 Å². The number of carbonyl (C=O) groups is 1. The summed E-state index contributed by atoms with van der Waals surface area (Å²) in [6.45, 7) is 0. The Balaban J connectivity index is 1.47. The molecule has 3 aliphatic rings. The van der Waals surface area contributed by atoms with Crippen molar-refractivity contribution < 1.29 is 4.79 Å². The first-order valence-corrected chi connectivity index (χ1v) is 8.03. The molecule has 0 aliphatic heterocycles. The standard InChI is InChI=1S/C16H19ClN2O/c17-15-6-2-5-13(18-15)16(20)19-14-8-9-7-12(14)11-4-1-3-10(9)11/h2,5-6,9-12,14H,1,3-4,7-8H2,(H,19,20).